The molecule has 12 heteroatoms. The van der Waals surface area contributed by atoms with Crippen LogP contribution in [-0.4, -0.2) is 91.4 Å². The molecule has 6 atom stereocenters. The Labute approximate surface area is 275 Å². The van der Waals surface area contributed by atoms with Crippen LogP contribution in [0.25, 0.3) is 0 Å². The van der Waals surface area contributed by atoms with E-state index in [0.717, 1.165) is 24.8 Å². The fraction of sp³-hybridized carbons (Fsp3) is 0.794. The van der Waals surface area contributed by atoms with Gasteiger partial charge in [0.25, 0.3) is 10.1 Å². The van der Waals surface area contributed by atoms with Crippen LogP contribution in [0.4, 0.5) is 0 Å². The highest BCUT2D eigenvalue weighted by Gasteiger charge is 2.45. The van der Waals surface area contributed by atoms with E-state index in [1.807, 2.05) is 0 Å². The van der Waals surface area contributed by atoms with E-state index >= 15 is 0 Å². The number of carbonyl (C=O) groups excluding carboxylic acids is 1. The maximum absolute atomic E-state index is 12.5. The average molecular weight is 675 g/mol. The molecule has 0 unspecified atom stereocenters. The second-order valence-electron chi connectivity index (χ2n) is 12.4. The minimum Gasteiger partial charge on any atom is -0.463 e. The number of esters is 1. The summed E-state index contributed by atoms with van der Waals surface area (Å²) in [6, 6.07) is 5.96. The monoisotopic (exact) mass is 674 g/mol. The highest BCUT2D eigenvalue weighted by atomic mass is 32.2. The largest absolute Gasteiger partial charge is 0.463 e. The Kier molecular flexibility index (Phi) is 20.1. The Morgan fingerprint density at radius 2 is 1.33 bits per heavy atom. The van der Waals surface area contributed by atoms with Gasteiger partial charge in [-0.2, -0.15) is 8.42 Å². The number of unbranched alkanes of at least 4 members (excludes halogenated alkanes) is 14. The molecule has 2 rings (SSSR count). The van der Waals surface area contributed by atoms with E-state index < -0.39 is 66.1 Å². The lowest BCUT2D eigenvalue weighted by molar-refractivity contribution is -0.314. The molecule has 1 aromatic carbocycles. The van der Waals surface area contributed by atoms with Gasteiger partial charge < -0.3 is 34.6 Å². The van der Waals surface area contributed by atoms with Crippen LogP contribution < -0.4 is 0 Å². The van der Waals surface area contributed by atoms with Gasteiger partial charge in [0.15, 0.2) is 6.29 Å². The van der Waals surface area contributed by atoms with Crippen molar-refractivity contribution in [3.63, 3.8) is 0 Å². The lowest BCUT2D eigenvalue weighted by atomic mass is 9.99. The standard InChI is InChI=1S/C34H58O11S/c1-3-4-5-6-7-8-9-10-11-12-13-14-15-16-17-18-30(36)42-24-27(23-35)44-34-33(39)32(38)31(37)29(45-34)25-43-46(40,41)28-21-19-26(2)20-22-28/h19-22,27,29,31-35,37-39H,3-18,23-25H2,1-2H3/t27-,29-,31-,32+,33-,34-/m1/s1. The van der Waals surface area contributed by atoms with Crippen molar-refractivity contribution in [3.05, 3.63) is 29.8 Å². The van der Waals surface area contributed by atoms with Gasteiger partial charge in [-0.05, 0) is 25.5 Å². The number of aryl methyl sites for hydroxylation is 1. The maximum Gasteiger partial charge on any atom is 0.305 e. The molecule has 1 aliphatic heterocycles. The summed E-state index contributed by atoms with van der Waals surface area (Å²) in [7, 11) is -4.19. The third-order valence-electron chi connectivity index (χ3n) is 8.31. The third kappa shape index (κ3) is 15.5. The van der Waals surface area contributed by atoms with Crippen molar-refractivity contribution in [1.29, 1.82) is 0 Å². The van der Waals surface area contributed by atoms with Gasteiger partial charge in [0.1, 0.15) is 37.1 Å². The minimum atomic E-state index is -4.19. The Balaban J connectivity index is 1.62. The Bertz CT molecular complexity index is 1050. The number of carbonyl (C=O) groups is 1. The van der Waals surface area contributed by atoms with Crippen LogP contribution in [0.3, 0.4) is 0 Å². The normalized spacial score (nSPS) is 22.5. The third-order valence-corrected chi connectivity index (χ3v) is 9.61. The number of benzene rings is 1. The van der Waals surface area contributed by atoms with Gasteiger partial charge in [0.2, 0.25) is 0 Å². The highest BCUT2D eigenvalue weighted by molar-refractivity contribution is 7.86. The first kappa shape index (κ1) is 40.5. The molecule has 0 spiro atoms. The van der Waals surface area contributed by atoms with E-state index in [1.54, 1.807) is 19.1 Å². The molecule has 1 heterocycles. The van der Waals surface area contributed by atoms with Gasteiger partial charge in [0.05, 0.1) is 18.1 Å². The first-order valence-electron chi connectivity index (χ1n) is 17.2. The Morgan fingerprint density at radius 3 is 1.85 bits per heavy atom. The van der Waals surface area contributed by atoms with E-state index in [1.165, 1.54) is 82.8 Å². The summed E-state index contributed by atoms with van der Waals surface area (Å²) < 4.78 is 46.4. The van der Waals surface area contributed by atoms with E-state index in [2.05, 4.69) is 6.92 Å². The quantitative estimate of drug-likeness (QED) is 0.0645. The van der Waals surface area contributed by atoms with Crippen molar-refractivity contribution in [1.82, 2.24) is 0 Å². The predicted molar refractivity (Wildman–Crippen MR) is 173 cm³/mol. The van der Waals surface area contributed by atoms with Gasteiger partial charge in [0, 0.05) is 6.42 Å². The van der Waals surface area contributed by atoms with Crippen LogP contribution in [-0.2, 0) is 33.3 Å². The second-order valence-corrected chi connectivity index (χ2v) is 14.0. The SMILES string of the molecule is CCCCCCCCCCCCCCCCCC(=O)OC[C@@H](CO)O[C@@H]1O[C@H](COS(=O)(=O)c2ccc(C)cc2)[C@@H](O)[C@H](O)[C@H]1O. The van der Waals surface area contributed by atoms with Gasteiger partial charge in [-0.3, -0.25) is 8.98 Å². The van der Waals surface area contributed by atoms with E-state index in [4.69, 9.17) is 18.4 Å². The molecule has 1 aromatic rings. The summed E-state index contributed by atoms with van der Waals surface area (Å²) in [6.45, 7) is 2.48. The molecular formula is C34H58O11S. The predicted octanol–water partition coefficient (Wildman–Crippen LogP) is 4.69. The van der Waals surface area contributed by atoms with Crippen LogP contribution in [0.5, 0.6) is 0 Å². The van der Waals surface area contributed by atoms with E-state index in [-0.39, 0.29) is 17.9 Å². The Morgan fingerprint density at radius 1 is 0.804 bits per heavy atom. The fourth-order valence-corrected chi connectivity index (χ4v) is 6.24. The fourth-order valence-electron chi connectivity index (χ4n) is 5.32. The molecule has 0 bridgehead atoms. The zero-order chi connectivity index (χ0) is 33.8. The molecule has 0 amide bonds. The number of hydrogen-bond acceptors (Lipinski definition) is 11. The van der Waals surface area contributed by atoms with E-state index in [0.29, 0.717) is 6.42 Å². The van der Waals surface area contributed by atoms with Crippen molar-refractivity contribution in [2.75, 3.05) is 19.8 Å². The summed E-state index contributed by atoms with van der Waals surface area (Å²) in [5, 5.41) is 40.8. The molecule has 0 saturated carbocycles. The Hall–Kier alpha value is -1.64. The summed E-state index contributed by atoms with van der Waals surface area (Å²) in [6.07, 6.45) is 9.45. The first-order valence-corrected chi connectivity index (χ1v) is 18.6. The number of rotatable bonds is 25. The maximum atomic E-state index is 12.5. The molecule has 4 N–H and O–H groups in total. The minimum absolute atomic E-state index is 0.0942. The van der Waals surface area contributed by atoms with Gasteiger partial charge in [-0.15, -0.1) is 0 Å². The molecule has 0 aliphatic carbocycles. The molecule has 266 valence electrons. The first-order chi connectivity index (χ1) is 22.1. The zero-order valence-corrected chi connectivity index (χ0v) is 28.6. The zero-order valence-electron chi connectivity index (χ0n) is 27.8. The second kappa shape index (κ2) is 22.8. The molecule has 0 aromatic heterocycles. The van der Waals surface area contributed by atoms with Crippen molar-refractivity contribution >= 4 is 16.1 Å². The molecule has 1 aliphatic rings. The number of ether oxygens (including phenoxy) is 3. The smallest absolute Gasteiger partial charge is 0.305 e. The van der Waals surface area contributed by atoms with Crippen molar-refractivity contribution in [3.8, 4) is 0 Å². The molecule has 1 fully saturated rings. The van der Waals surface area contributed by atoms with Crippen molar-refractivity contribution in [2.24, 2.45) is 0 Å². The van der Waals surface area contributed by atoms with Gasteiger partial charge in [-0.25, -0.2) is 0 Å². The lowest BCUT2D eigenvalue weighted by Gasteiger charge is -2.40. The summed E-state index contributed by atoms with van der Waals surface area (Å²) in [5.41, 5.74) is 0.858. The highest BCUT2D eigenvalue weighted by Crippen LogP contribution is 2.25. The summed E-state index contributed by atoms with van der Waals surface area (Å²) >= 11 is 0. The molecule has 1 saturated heterocycles. The van der Waals surface area contributed by atoms with Gasteiger partial charge in [-0.1, -0.05) is 115 Å². The van der Waals surface area contributed by atoms with Crippen LogP contribution in [0.2, 0.25) is 0 Å². The van der Waals surface area contributed by atoms with Crippen molar-refractivity contribution in [2.45, 2.75) is 158 Å². The molecule has 46 heavy (non-hydrogen) atoms. The van der Waals surface area contributed by atoms with Crippen LogP contribution >= 0.6 is 0 Å². The molecule has 0 radical (unpaired) electrons. The van der Waals surface area contributed by atoms with Crippen molar-refractivity contribution < 1.29 is 52.0 Å². The van der Waals surface area contributed by atoms with E-state index in [9.17, 15) is 33.6 Å². The van der Waals surface area contributed by atoms with Gasteiger partial charge >= 0.3 is 5.97 Å². The van der Waals surface area contributed by atoms with Crippen LogP contribution in [0, 0.1) is 6.92 Å². The number of aliphatic hydroxyl groups excluding tert-OH is 4. The topological polar surface area (TPSA) is 169 Å². The average Bonchev–Trinajstić information content (AvgIpc) is 3.04. The summed E-state index contributed by atoms with van der Waals surface area (Å²) in [4.78, 5) is 12.1. The number of aliphatic hydroxyl groups is 4. The molecular weight excluding hydrogens is 616 g/mol. The number of hydrogen-bond donors (Lipinski definition) is 4. The van der Waals surface area contributed by atoms with Crippen LogP contribution in [0.15, 0.2) is 29.2 Å². The lowest BCUT2D eigenvalue weighted by Crippen LogP contribution is -2.60. The molecule has 11 nitrogen and oxygen atoms in total. The van der Waals surface area contributed by atoms with Crippen LogP contribution in [0.1, 0.15) is 115 Å². The summed E-state index contributed by atoms with van der Waals surface area (Å²) in [5.74, 6) is -0.440.